The summed E-state index contributed by atoms with van der Waals surface area (Å²) in [5.74, 6) is 2.33. The van der Waals surface area contributed by atoms with Crippen LogP contribution in [0.5, 0.6) is 11.5 Å². The van der Waals surface area contributed by atoms with Gasteiger partial charge in [-0.3, -0.25) is 0 Å². The number of hydrogen-bond donors (Lipinski definition) is 0. The van der Waals surface area contributed by atoms with Gasteiger partial charge < -0.3 is 18.8 Å². The summed E-state index contributed by atoms with van der Waals surface area (Å²) >= 11 is 2.50. The number of likely N-dealkylation sites (N-methyl/N-ethyl adjacent to an activating group) is 1. The van der Waals surface area contributed by atoms with Crippen LogP contribution in [0.3, 0.4) is 0 Å². The van der Waals surface area contributed by atoms with Crippen molar-refractivity contribution in [3.05, 3.63) is 32.9 Å². The highest BCUT2D eigenvalue weighted by Gasteiger charge is 2.65. The molecule has 1 aromatic rings. The zero-order valence-electron chi connectivity index (χ0n) is 19.2. The Morgan fingerprint density at radius 1 is 1.27 bits per heavy atom. The topological polar surface area (TPSA) is 30.9 Å². The predicted molar refractivity (Wildman–Crippen MR) is 131 cm³/mol. The smallest absolute Gasteiger partial charge is 0.193 e. The molecule has 2 bridgehead atoms. The molecule has 2 aliphatic heterocycles. The maximum atomic E-state index is 6.99. The molecule has 0 amide bonds. The minimum atomic E-state index is -1.94. The molecule has 0 saturated carbocycles. The molecular weight excluding hydrogens is 505 g/mol. The minimum Gasteiger partial charge on any atom is -0.493 e. The average Bonchev–Trinajstić information content (AvgIpc) is 3.00. The van der Waals surface area contributed by atoms with E-state index >= 15 is 0 Å². The first-order chi connectivity index (χ1) is 14.0. The zero-order valence-corrected chi connectivity index (χ0v) is 22.4. The SMILES string of the molecule is COc1cc(I)c2c3c1O[C@H]1[C@@H](O[Si](C)(C)C(C)(C)C)C=C[C@H]4[C@@H](C2)N(C)CC[C@@]341. The molecule has 4 nitrogen and oxygen atoms in total. The molecule has 30 heavy (non-hydrogen) atoms. The van der Waals surface area contributed by atoms with E-state index in [9.17, 15) is 0 Å². The molecule has 6 heteroatoms. The largest absolute Gasteiger partial charge is 0.493 e. The maximum absolute atomic E-state index is 6.99. The third-order valence-corrected chi connectivity index (χ3v) is 14.1. The van der Waals surface area contributed by atoms with Gasteiger partial charge in [-0.2, -0.15) is 0 Å². The summed E-state index contributed by atoms with van der Waals surface area (Å²) in [6.45, 7) is 12.7. The van der Waals surface area contributed by atoms with Crippen molar-refractivity contribution >= 4 is 30.9 Å². The van der Waals surface area contributed by atoms with Crippen molar-refractivity contribution < 1.29 is 13.9 Å². The molecule has 1 aromatic carbocycles. The molecular formula is C24H34INO3Si. The van der Waals surface area contributed by atoms with Gasteiger partial charge >= 0.3 is 0 Å². The quantitative estimate of drug-likeness (QED) is 0.303. The number of piperidine rings is 1. The molecule has 4 aliphatic rings. The van der Waals surface area contributed by atoms with Crippen LogP contribution in [0.15, 0.2) is 18.2 Å². The Morgan fingerprint density at radius 2 is 2.00 bits per heavy atom. The van der Waals surface area contributed by atoms with Gasteiger partial charge in [0.15, 0.2) is 19.8 Å². The zero-order chi connectivity index (χ0) is 21.6. The molecule has 1 spiro atoms. The fourth-order valence-electron chi connectivity index (χ4n) is 6.02. The van der Waals surface area contributed by atoms with Crippen molar-refractivity contribution in [1.29, 1.82) is 0 Å². The van der Waals surface area contributed by atoms with Crippen LogP contribution in [0.4, 0.5) is 0 Å². The van der Waals surface area contributed by atoms with Crippen molar-refractivity contribution in [3.63, 3.8) is 0 Å². The number of hydrogen-bond acceptors (Lipinski definition) is 4. The van der Waals surface area contributed by atoms with Crippen molar-refractivity contribution in [2.24, 2.45) is 5.92 Å². The van der Waals surface area contributed by atoms with Crippen molar-refractivity contribution in [1.82, 2.24) is 4.90 Å². The van der Waals surface area contributed by atoms with E-state index in [2.05, 4.69) is 86.6 Å². The number of rotatable bonds is 3. The molecule has 5 atom stereocenters. The number of ether oxygens (including phenoxy) is 2. The maximum Gasteiger partial charge on any atom is 0.193 e. The second-order valence-corrected chi connectivity index (χ2v) is 17.0. The standard InChI is InChI=1S/C24H34INO3Si/c1-23(2,3)30(6,7)29-18-9-8-15-17-12-14-16(25)13-19(27-5)21-20(14)24(15,22(18)28-21)10-11-26(17)4/h8-9,13,15,17-18,22H,10-12H2,1-7H3/t15-,17+,18-,22-,24-/m0/s1. The van der Waals surface area contributed by atoms with Crippen LogP contribution in [0, 0.1) is 9.49 Å². The van der Waals surface area contributed by atoms with E-state index in [4.69, 9.17) is 13.9 Å². The fourth-order valence-corrected chi connectivity index (χ4v) is 8.03. The lowest BCUT2D eigenvalue weighted by Gasteiger charge is -2.57. The van der Waals surface area contributed by atoms with Crippen molar-refractivity contribution in [2.75, 3.05) is 20.7 Å². The van der Waals surface area contributed by atoms with Crippen LogP contribution in [0.25, 0.3) is 0 Å². The summed E-state index contributed by atoms with van der Waals surface area (Å²) in [6.07, 6.45) is 7.02. The molecule has 5 rings (SSSR count). The van der Waals surface area contributed by atoms with Crippen molar-refractivity contribution in [2.45, 2.75) is 75.4 Å². The predicted octanol–water partition coefficient (Wildman–Crippen LogP) is 5.14. The Balaban J connectivity index is 1.68. The third-order valence-electron chi connectivity index (χ3n) is 8.65. The Hall–Kier alpha value is -0.573. The Kier molecular flexibility index (Phi) is 4.76. The van der Waals surface area contributed by atoms with E-state index in [1.165, 1.54) is 14.7 Å². The number of halogens is 1. The number of nitrogens with zero attached hydrogens (tertiary/aromatic N) is 1. The average molecular weight is 540 g/mol. The minimum absolute atomic E-state index is 0.00364. The summed E-state index contributed by atoms with van der Waals surface area (Å²) in [5.41, 5.74) is 2.90. The first kappa shape index (κ1) is 21.3. The summed E-state index contributed by atoms with van der Waals surface area (Å²) in [6, 6.07) is 2.69. The van der Waals surface area contributed by atoms with E-state index in [1.807, 2.05) is 0 Å². The fraction of sp³-hybridized carbons (Fsp3) is 0.667. The molecule has 0 aromatic heterocycles. The second-order valence-electron chi connectivity index (χ2n) is 11.1. The lowest BCUT2D eigenvalue weighted by Crippen LogP contribution is -2.66. The highest BCUT2D eigenvalue weighted by atomic mass is 127. The van der Waals surface area contributed by atoms with E-state index < -0.39 is 8.32 Å². The van der Waals surface area contributed by atoms with E-state index in [0.29, 0.717) is 12.0 Å². The summed E-state index contributed by atoms with van der Waals surface area (Å²) in [5, 5.41) is 0.168. The van der Waals surface area contributed by atoms with Gasteiger partial charge in [0.05, 0.1) is 7.11 Å². The Morgan fingerprint density at radius 3 is 2.67 bits per heavy atom. The van der Waals surface area contributed by atoms with Crippen LogP contribution in [0.2, 0.25) is 18.1 Å². The number of likely N-dealkylation sites (tertiary alicyclic amines) is 1. The molecule has 0 unspecified atom stereocenters. The molecule has 164 valence electrons. The van der Waals surface area contributed by atoms with Gasteiger partial charge in [-0.15, -0.1) is 0 Å². The lowest BCUT2D eigenvalue weighted by molar-refractivity contribution is -0.0416. The monoisotopic (exact) mass is 539 g/mol. The van der Waals surface area contributed by atoms with Gasteiger partial charge in [0.25, 0.3) is 0 Å². The van der Waals surface area contributed by atoms with Gasteiger partial charge in [-0.25, -0.2) is 0 Å². The highest BCUT2D eigenvalue weighted by Crippen LogP contribution is 2.63. The van der Waals surface area contributed by atoms with Gasteiger partial charge in [-0.05, 0) is 78.8 Å². The highest BCUT2D eigenvalue weighted by molar-refractivity contribution is 14.1. The normalized spacial score (nSPS) is 34.5. The number of benzene rings is 1. The lowest BCUT2D eigenvalue weighted by atomic mass is 9.53. The van der Waals surface area contributed by atoms with Crippen LogP contribution in [0.1, 0.15) is 38.3 Å². The van der Waals surface area contributed by atoms with Crippen LogP contribution in [-0.2, 0) is 16.3 Å². The van der Waals surface area contributed by atoms with Gasteiger partial charge in [0.1, 0.15) is 12.2 Å². The van der Waals surface area contributed by atoms with Gasteiger partial charge in [-0.1, -0.05) is 32.9 Å². The van der Waals surface area contributed by atoms with Gasteiger partial charge in [0, 0.05) is 26.5 Å². The van der Waals surface area contributed by atoms with Crippen LogP contribution in [-0.4, -0.2) is 52.2 Å². The molecule has 1 saturated heterocycles. The van der Waals surface area contributed by atoms with Crippen LogP contribution >= 0.6 is 22.6 Å². The molecule has 0 radical (unpaired) electrons. The van der Waals surface area contributed by atoms with Crippen LogP contribution < -0.4 is 9.47 Å². The first-order valence-electron chi connectivity index (χ1n) is 11.1. The molecule has 1 fully saturated rings. The van der Waals surface area contributed by atoms with Crippen molar-refractivity contribution in [3.8, 4) is 11.5 Å². The number of methoxy groups -OCH3 is 1. The Bertz CT molecular complexity index is 924. The van der Waals surface area contributed by atoms with E-state index in [1.54, 1.807) is 7.11 Å². The Labute approximate surface area is 195 Å². The molecule has 2 heterocycles. The van der Waals surface area contributed by atoms with E-state index in [0.717, 1.165) is 30.9 Å². The second kappa shape index (κ2) is 6.72. The van der Waals surface area contributed by atoms with Gasteiger partial charge in [0.2, 0.25) is 0 Å². The first-order valence-corrected chi connectivity index (χ1v) is 15.1. The third kappa shape index (κ3) is 2.69. The van der Waals surface area contributed by atoms with E-state index in [-0.39, 0.29) is 22.7 Å². The summed E-state index contributed by atoms with van der Waals surface area (Å²) in [7, 11) is 2.11. The molecule has 0 N–H and O–H groups in total. The molecule has 2 aliphatic carbocycles. The summed E-state index contributed by atoms with van der Waals surface area (Å²) in [4.78, 5) is 2.56. The summed E-state index contributed by atoms with van der Waals surface area (Å²) < 4.78 is 21.0.